The summed E-state index contributed by atoms with van der Waals surface area (Å²) >= 11 is 0. The number of benzene rings is 1. The van der Waals surface area contributed by atoms with Crippen LogP contribution in [0.5, 0.6) is 0 Å². The van der Waals surface area contributed by atoms with Gasteiger partial charge in [-0.3, -0.25) is 4.79 Å². The minimum atomic E-state index is -0.722. The second-order valence-corrected chi connectivity index (χ2v) is 6.32. The largest absolute Gasteiger partial charge is 0.481 e. The molecule has 0 aliphatic heterocycles. The van der Waals surface area contributed by atoms with Crippen molar-refractivity contribution in [1.82, 2.24) is 0 Å². The van der Waals surface area contributed by atoms with E-state index in [1.165, 1.54) is 11.3 Å². The van der Waals surface area contributed by atoms with E-state index >= 15 is 0 Å². The second kappa shape index (κ2) is 10.4. The number of carboxylic acids is 1. The molecule has 0 aliphatic rings. The molecule has 1 aromatic heterocycles. The highest BCUT2D eigenvalue weighted by atomic mass is 16.4. The topological polar surface area (TPSA) is 44.4 Å². The van der Waals surface area contributed by atoms with Crippen molar-refractivity contribution < 1.29 is 14.5 Å². The number of pyridine rings is 1. The number of unbranched alkanes of at least 4 members (excludes halogenated alkanes) is 1. The lowest BCUT2D eigenvalue weighted by atomic mass is 10.1. The van der Waals surface area contributed by atoms with Gasteiger partial charge in [-0.05, 0) is 43.5 Å². The van der Waals surface area contributed by atoms with Gasteiger partial charge in [0.15, 0.2) is 12.4 Å². The normalized spacial score (nSPS) is 11.0. The van der Waals surface area contributed by atoms with Gasteiger partial charge < -0.3 is 10.0 Å². The van der Waals surface area contributed by atoms with E-state index in [-0.39, 0.29) is 6.42 Å². The van der Waals surface area contributed by atoms with Gasteiger partial charge in [0.05, 0.1) is 0 Å². The number of nitrogens with zero attached hydrogens (tertiary/aromatic N) is 2. The Kier molecular flexibility index (Phi) is 7.87. The zero-order valence-electron chi connectivity index (χ0n) is 15.8. The molecule has 138 valence electrons. The summed E-state index contributed by atoms with van der Waals surface area (Å²) in [5.74, 6) is -0.722. The third-order valence-electron chi connectivity index (χ3n) is 4.46. The molecule has 0 atom stereocenters. The predicted octanol–water partition coefficient (Wildman–Crippen LogP) is 4.25. The summed E-state index contributed by atoms with van der Waals surface area (Å²) in [6.07, 6.45) is 10.2. The van der Waals surface area contributed by atoms with E-state index in [0.29, 0.717) is 6.42 Å². The first-order valence-corrected chi connectivity index (χ1v) is 9.36. The molecule has 1 N–H and O–H groups in total. The lowest BCUT2D eigenvalue weighted by Gasteiger charge is -2.20. The van der Waals surface area contributed by atoms with Gasteiger partial charge in [0.1, 0.15) is 6.54 Å². The maximum atomic E-state index is 10.5. The highest BCUT2D eigenvalue weighted by molar-refractivity contribution is 5.70. The van der Waals surface area contributed by atoms with Crippen molar-refractivity contribution in [2.75, 3.05) is 18.0 Å². The fraction of sp³-hybridized carbons (Fsp3) is 0.364. The van der Waals surface area contributed by atoms with Gasteiger partial charge in [0, 0.05) is 43.8 Å². The van der Waals surface area contributed by atoms with Crippen LogP contribution in [-0.4, -0.2) is 24.2 Å². The maximum Gasteiger partial charge on any atom is 0.303 e. The molecule has 4 nitrogen and oxygen atoms in total. The van der Waals surface area contributed by atoms with Gasteiger partial charge in [0.25, 0.3) is 0 Å². The summed E-state index contributed by atoms with van der Waals surface area (Å²) in [6.45, 7) is 7.23. The van der Waals surface area contributed by atoms with Crippen LogP contribution in [0.15, 0.2) is 48.8 Å². The van der Waals surface area contributed by atoms with Gasteiger partial charge >= 0.3 is 5.97 Å². The molecule has 4 heteroatoms. The number of rotatable bonds is 10. The van der Waals surface area contributed by atoms with Crippen molar-refractivity contribution in [3.63, 3.8) is 0 Å². The number of carboxylic acid groups (broad SMARTS) is 1. The van der Waals surface area contributed by atoms with Gasteiger partial charge in [0.2, 0.25) is 0 Å². The zero-order chi connectivity index (χ0) is 18.8. The van der Waals surface area contributed by atoms with Gasteiger partial charge in [-0.15, -0.1) is 0 Å². The Hall–Kier alpha value is -2.62. The summed E-state index contributed by atoms with van der Waals surface area (Å²) in [5, 5.41) is 8.65. The number of aromatic nitrogens is 1. The van der Waals surface area contributed by atoms with Crippen molar-refractivity contribution in [2.24, 2.45) is 0 Å². The summed E-state index contributed by atoms with van der Waals surface area (Å²) in [7, 11) is 0. The van der Waals surface area contributed by atoms with E-state index in [4.69, 9.17) is 5.11 Å². The summed E-state index contributed by atoms with van der Waals surface area (Å²) < 4.78 is 2.10. The van der Waals surface area contributed by atoms with Gasteiger partial charge in [-0.25, -0.2) is 4.57 Å². The average Bonchev–Trinajstić information content (AvgIpc) is 2.66. The van der Waals surface area contributed by atoms with E-state index < -0.39 is 5.97 Å². The standard InChI is InChI=1S/C22H28N2O2/c1-3-24(4-2)21-12-10-19(11-13-21)8-9-20-14-17-23(18-15-20)16-6-5-7-22(25)26/h8-15,17-18H,3-7,16H2,1-2H3/p+1. The summed E-state index contributed by atoms with van der Waals surface area (Å²) in [6, 6.07) is 12.8. The molecule has 2 aromatic rings. The Bertz CT molecular complexity index is 702. The van der Waals surface area contributed by atoms with E-state index in [2.05, 4.69) is 71.9 Å². The fourth-order valence-corrected chi connectivity index (χ4v) is 2.88. The molecule has 0 saturated heterocycles. The lowest BCUT2D eigenvalue weighted by Crippen LogP contribution is -2.32. The quantitative estimate of drug-likeness (QED) is 0.513. The molecule has 1 aromatic carbocycles. The van der Waals surface area contributed by atoms with E-state index in [1.807, 2.05) is 12.4 Å². The maximum absolute atomic E-state index is 10.5. The van der Waals surface area contributed by atoms with Crippen molar-refractivity contribution in [1.29, 1.82) is 0 Å². The predicted molar refractivity (Wildman–Crippen MR) is 107 cm³/mol. The van der Waals surface area contributed by atoms with Crippen molar-refractivity contribution in [3.8, 4) is 0 Å². The third-order valence-corrected chi connectivity index (χ3v) is 4.46. The zero-order valence-corrected chi connectivity index (χ0v) is 15.8. The van der Waals surface area contributed by atoms with Crippen LogP contribution in [0.2, 0.25) is 0 Å². The molecule has 0 saturated carbocycles. The van der Waals surface area contributed by atoms with Crippen LogP contribution in [0.4, 0.5) is 5.69 Å². The monoisotopic (exact) mass is 353 g/mol. The number of anilines is 1. The van der Waals surface area contributed by atoms with Crippen LogP contribution in [0.1, 0.15) is 44.2 Å². The highest BCUT2D eigenvalue weighted by Crippen LogP contribution is 2.16. The minimum absolute atomic E-state index is 0.244. The first-order valence-electron chi connectivity index (χ1n) is 9.36. The molecule has 0 aliphatic carbocycles. The van der Waals surface area contributed by atoms with Crippen LogP contribution >= 0.6 is 0 Å². The third kappa shape index (κ3) is 6.36. The molecule has 0 fully saturated rings. The van der Waals surface area contributed by atoms with Crippen LogP contribution in [0, 0.1) is 0 Å². The number of hydrogen-bond acceptors (Lipinski definition) is 2. The number of aliphatic carboxylic acids is 1. The fourth-order valence-electron chi connectivity index (χ4n) is 2.88. The van der Waals surface area contributed by atoms with Crippen LogP contribution in [0.25, 0.3) is 12.2 Å². The van der Waals surface area contributed by atoms with Gasteiger partial charge in [-0.2, -0.15) is 0 Å². The van der Waals surface area contributed by atoms with Crippen molar-refractivity contribution in [3.05, 3.63) is 59.9 Å². The second-order valence-electron chi connectivity index (χ2n) is 6.32. The molecule has 0 spiro atoms. The lowest BCUT2D eigenvalue weighted by molar-refractivity contribution is -0.697. The van der Waals surface area contributed by atoms with Crippen molar-refractivity contribution >= 4 is 23.8 Å². The number of aryl methyl sites for hydroxylation is 1. The Labute approximate surface area is 156 Å². The molecule has 0 amide bonds. The molecule has 2 rings (SSSR count). The molecule has 0 radical (unpaired) electrons. The van der Waals surface area contributed by atoms with Crippen molar-refractivity contribution in [2.45, 2.75) is 39.7 Å². The molecule has 1 heterocycles. The Morgan fingerprint density at radius 3 is 2.08 bits per heavy atom. The van der Waals surface area contributed by atoms with Crippen LogP contribution < -0.4 is 9.47 Å². The first kappa shape index (κ1) is 19.7. The number of hydrogen-bond donors (Lipinski definition) is 1. The molecule has 0 unspecified atom stereocenters. The van der Waals surface area contributed by atoms with E-state index in [1.54, 1.807) is 0 Å². The summed E-state index contributed by atoms with van der Waals surface area (Å²) in [5.41, 5.74) is 3.60. The molecular weight excluding hydrogens is 324 g/mol. The Balaban J connectivity index is 1.88. The number of carbonyl (C=O) groups is 1. The smallest absolute Gasteiger partial charge is 0.303 e. The Morgan fingerprint density at radius 1 is 0.962 bits per heavy atom. The van der Waals surface area contributed by atoms with E-state index in [0.717, 1.165) is 31.6 Å². The first-order chi connectivity index (χ1) is 12.6. The van der Waals surface area contributed by atoms with Crippen LogP contribution in [-0.2, 0) is 11.3 Å². The van der Waals surface area contributed by atoms with Gasteiger partial charge in [-0.1, -0.05) is 24.3 Å². The van der Waals surface area contributed by atoms with E-state index in [9.17, 15) is 4.79 Å². The SMILES string of the molecule is CCN(CC)c1ccc(/C=C\c2cc[n+](CCCCC(=O)O)cc2)cc1. The van der Waals surface area contributed by atoms with Crippen LogP contribution in [0.3, 0.4) is 0 Å². The minimum Gasteiger partial charge on any atom is -0.481 e. The molecule has 26 heavy (non-hydrogen) atoms. The molecular formula is C22H29N2O2+. The highest BCUT2D eigenvalue weighted by Gasteiger charge is 2.02. The summed E-state index contributed by atoms with van der Waals surface area (Å²) in [4.78, 5) is 12.8. The Morgan fingerprint density at radius 2 is 1.54 bits per heavy atom. The average molecular weight is 353 g/mol. The molecule has 0 bridgehead atoms.